The number of carbonyl (C=O) groups is 2. The van der Waals surface area contributed by atoms with Gasteiger partial charge >= 0.3 is 0 Å². The van der Waals surface area contributed by atoms with Crippen LogP contribution in [0, 0.1) is 0 Å². The summed E-state index contributed by atoms with van der Waals surface area (Å²) in [6.45, 7) is 1.44. The molecule has 0 aromatic heterocycles. The van der Waals surface area contributed by atoms with Gasteiger partial charge in [-0.2, -0.15) is 0 Å². The predicted octanol–water partition coefficient (Wildman–Crippen LogP) is 0.759. The molecule has 0 spiro atoms. The molecule has 0 unspecified atom stereocenters. The van der Waals surface area contributed by atoms with Crippen molar-refractivity contribution in [1.82, 2.24) is 5.32 Å². The molecule has 1 N–H and O–H groups in total. The molecular formula is C8H11NO2. The minimum Gasteiger partial charge on any atom is -0.330 e. The van der Waals surface area contributed by atoms with Crippen LogP contribution >= 0.6 is 0 Å². The van der Waals surface area contributed by atoms with Crippen molar-refractivity contribution in [2.24, 2.45) is 0 Å². The smallest absolute Gasteiger partial charge is 0.220 e. The number of amides is 1. The molecule has 0 atom stereocenters. The fourth-order valence-corrected chi connectivity index (χ4v) is 1.12. The van der Waals surface area contributed by atoms with Crippen LogP contribution in [0.2, 0.25) is 0 Å². The maximum Gasteiger partial charge on any atom is 0.220 e. The van der Waals surface area contributed by atoms with Crippen molar-refractivity contribution in [2.45, 2.75) is 26.2 Å². The Labute approximate surface area is 65.5 Å². The summed E-state index contributed by atoms with van der Waals surface area (Å²) in [6.07, 6.45) is 3.80. The number of nitrogens with one attached hydrogen (secondary N) is 1. The Morgan fingerprint density at radius 3 is 2.82 bits per heavy atom. The first-order valence-electron chi connectivity index (χ1n) is 3.69. The molecule has 0 fully saturated rings. The van der Waals surface area contributed by atoms with Crippen LogP contribution in [0.25, 0.3) is 0 Å². The van der Waals surface area contributed by atoms with Crippen LogP contribution in [0.15, 0.2) is 11.8 Å². The average Bonchev–Trinajstić information content (AvgIpc) is 1.85. The molecule has 0 aromatic carbocycles. The molecule has 0 radical (unpaired) electrons. The van der Waals surface area contributed by atoms with Crippen LogP contribution < -0.4 is 5.32 Å². The summed E-state index contributed by atoms with van der Waals surface area (Å²) in [7, 11) is 0. The first kappa shape index (κ1) is 7.98. The van der Waals surface area contributed by atoms with Crippen molar-refractivity contribution in [2.75, 3.05) is 0 Å². The molecule has 0 heterocycles. The highest BCUT2D eigenvalue weighted by Crippen LogP contribution is 2.11. The zero-order valence-electron chi connectivity index (χ0n) is 6.52. The monoisotopic (exact) mass is 153 g/mol. The van der Waals surface area contributed by atoms with E-state index in [0.717, 1.165) is 18.5 Å². The van der Waals surface area contributed by atoms with Gasteiger partial charge in [-0.3, -0.25) is 9.59 Å². The average molecular weight is 153 g/mol. The van der Waals surface area contributed by atoms with Gasteiger partial charge in [0.05, 0.1) is 0 Å². The first-order chi connectivity index (χ1) is 5.18. The zero-order valence-corrected chi connectivity index (χ0v) is 6.52. The van der Waals surface area contributed by atoms with Crippen molar-refractivity contribution >= 4 is 11.7 Å². The Bertz CT molecular complexity index is 218. The van der Waals surface area contributed by atoms with Crippen molar-refractivity contribution in [3.05, 3.63) is 11.8 Å². The van der Waals surface area contributed by atoms with Crippen molar-refractivity contribution < 1.29 is 9.59 Å². The summed E-state index contributed by atoms with van der Waals surface area (Å²) in [5.41, 5.74) is 0.758. The molecule has 0 aliphatic heterocycles. The van der Waals surface area contributed by atoms with E-state index in [-0.39, 0.29) is 11.7 Å². The number of hydrogen-bond acceptors (Lipinski definition) is 2. The zero-order chi connectivity index (χ0) is 8.27. The Balaban J connectivity index is 2.56. The van der Waals surface area contributed by atoms with Crippen molar-refractivity contribution in [3.8, 4) is 0 Å². The van der Waals surface area contributed by atoms with E-state index in [0.29, 0.717) is 6.42 Å². The third-order valence-corrected chi connectivity index (χ3v) is 1.54. The lowest BCUT2D eigenvalue weighted by Crippen LogP contribution is -2.22. The van der Waals surface area contributed by atoms with Crippen LogP contribution in [0.1, 0.15) is 26.2 Å². The molecule has 60 valence electrons. The Morgan fingerprint density at radius 2 is 2.27 bits per heavy atom. The van der Waals surface area contributed by atoms with Crippen LogP contribution in [-0.4, -0.2) is 11.7 Å². The number of hydrogen-bond donors (Lipinski definition) is 1. The normalized spacial score (nSPS) is 17.5. The second-order valence-corrected chi connectivity index (χ2v) is 2.67. The first-order valence-corrected chi connectivity index (χ1v) is 3.69. The van der Waals surface area contributed by atoms with Crippen molar-refractivity contribution in [3.63, 3.8) is 0 Å². The molecule has 1 amide bonds. The minimum absolute atomic E-state index is 0.106. The topological polar surface area (TPSA) is 46.2 Å². The minimum atomic E-state index is -0.106. The molecule has 1 rings (SSSR count). The van der Waals surface area contributed by atoms with E-state index in [9.17, 15) is 9.59 Å². The fourth-order valence-electron chi connectivity index (χ4n) is 1.12. The Kier molecular flexibility index (Phi) is 2.41. The van der Waals surface area contributed by atoms with E-state index in [1.165, 1.54) is 13.0 Å². The van der Waals surface area contributed by atoms with Crippen LogP contribution in [0.5, 0.6) is 0 Å². The van der Waals surface area contributed by atoms with Crippen molar-refractivity contribution in [1.29, 1.82) is 0 Å². The molecule has 0 saturated carbocycles. The molecule has 0 bridgehead atoms. The highest BCUT2D eigenvalue weighted by atomic mass is 16.1. The van der Waals surface area contributed by atoms with E-state index >= 15 is 0 Å². The third kappa shape index (κ3) is 2.53. The summed E-state index contributed by atoms with van der Waals surface area (Å²) >= 11 is 0. The Hall–Kier alpha value is -1.12. The second-order valence-electron chi connectivity index (χ2n) is 2.67. The van der Waals surface area contributed by atoms with Gasteiger partial charge in [-0.05, 0) is 12.8 Å². The predicted molar refractivity (Wildman–Crippen MR) is 40.8 cm³/mol. The van der Waals surface area contributed by atoms with Crippen LogP contribution in [0.4, 0.5) is 0 Å². The summed E-state index contributed by atoms with van der Waals surface area (Å²) in [5, 5.41) is 2.61. The SMILES string of the molecule is CC(=O)NC1=CC(=O)CCC1. The van der Waals surface area contributed by atoms with Gasteiger partial charge in [0, 0.05) is 25.1 Å². The molecule has 0 saturated heterocycles. The molecule has 3 heteroatoms. The van der Waals surface area contributed by atoms with Gasteiger partial charge in [0.2, 0.25) is 5.91 Å². The van der Waals surface area contributed by atoms with Gasteiger partial charge in [-0.1, -0.05) is 0 Å². The lowest BCUT2D eigenvalue weighted by molar-refractivity contribution is -0.118. The summed E-state index contributed by atoms with van der Waals surface area (Å²) in [5.74, 6) is 0.00551. The standard InChI is InChI=1S/C8H11NO2/c1-6(10)9-7-3-2-4-8(11)5-7/h5H,2-4H2,1H3,(H,9,10). The number of carbonyl (C=O) groups excluding carboxylic acids is 2. The third-order valence-electron chi connectivity index (χ3n) is 1.54. The number of rotatable bonds is 1. The molecular weight excluding hydrogens is 142 g/mol. The van der Waals surface area contributed by atoms with Gasteiger partial charge in [-0.15, -0.1) is 0 Å². The molecule has 1 aliphatic carbocycles. The molecule has 1 aliphatic rings. The van der Waals surface area contributed by atoms with E-state index < -0.39 is 0 Å². The van der Waals surface area contributed by atoms with E-state index in [2.05, 4.69) is 5.32 Å². The quantitative estimate of drug-likeness (QED) is 0.604. The fraction of sp³-hybridized carbons (Fsp3) is 0.500. The summed E-state index contributed by atoms with van der Waals surface area (Å²) < 4.78 is 0. The van der Waals surface area contributed by atoms with E-state index in [1.807, 2.05) is 0 Å². The molecule has 3 nitrogen and oxygen atoms in total. The lowest BCUT2D eigenvalue weighted by atomic mass is 10.0. The molecule has 0 aromatic rings. The highest BCUT2D eigenvalue weighted by molar-refractivity contribution is 5.92. The van der Waals surface area contributed by atoms with Crippen LogP contribution in [0.3, 0.4) is 0 Å². The maximum absolute atomic E-state index is 10.8. The summed E-state index contributed by atoms with van der Waals surface area (Å²) in [4.78, 5) is 21.4. The largest absolute Gasteiger partial charge is 0.330 e. The van der Waals surface area contributed by atoms with E-state index in [1.54, 1.807) is 0 Å². The van der Waals surface area contributed by atoms with Gasteiger partial charge in [0.25, 0.3) is 0 Å². The molecule has 11 heavy (non-hydrogen) atoms. The Morgan fingerprint density at radius 1 is 1.55 bits per heavy atom. The van der Waals surface area contributed by atoms with Gasteiger partial charge in [0.15, 0.2) is 5.78 Å². The van der Waals surface area contributed by atoms with Gasteiger partial charge < -0.3 is 5.32 Å². The lowest BCUT2D eigenvalue weighted by Gasteiger charge is -2.11. The highest BCUT2D eigenvalue weighted by Gasteiger charge is 2.09. The van der Waals surface area contributed by atoms with Gasteiger partial charge in [0.1, 0.15) is 0 Å². The number of allylic oxidation sites excluding steroid dienone is 2. The van der Waals surface area contributed by atoms with Crippen LogP contribution in [-0.2, 0) is 9.59 Å². The maximum atomic E-state index is 10.8. The van der Waals surface area contributed by atoms with E-state index in [4.69, 9.17) is 0 Å². The summed E-state index contributed by atoms with van der Waals surface area (Å²) in [6, 6.07) is 0. The number of ketones is 1. The second kappa shape index (κ2) is 3.32. The van der Waals surface area contributed by atoms with Gasteiger partial charge in [-0.25, -0.2) is 0 Å².